The van der Waals surface area contributed by atoms with E-state index >= 15 is 0 Å². The predicted molar refractivity (Wildman–Crippen MR) is 43.1 cm³/mol. The summed E-state index contributed by atoms with van der Waals surface area (Å²) in [7, 11) is 0. The molecular weight excluding hydrogens is 138 g/mol. The molecule has 0 saturated heterocycles. The first-order chi connectivity index (χ1) is 5.22. The summed E-state index contributed by atoms with van der Waals surface area (Å²) in [5.74, 6) is 0.690. The normalized spacial score (nSPS) is 28.8. The van der Waals surface area contributed by atoms with E-state index in [4.69, 9.17) is 5.73 Å². The van der Waals surface area contributed by atoms with Gasteiger partial charge < -0.3 is 5.73 Å². The summed E-state index contributed by atoms with van der Waals surface area (Å²) < 4.78 is 0. The van der Waals surface area contributed by atoms with Crippen molar-refractivity contribution in [2.45, 2.75) is 44.1 Å². The van der Waals surface area contributed by atoms with Gasteiger partial charge in [0, 0.05) is 5.92 Å². The van der Waals surface area contributed by atoms with Gasteiger partial charge in [0.25, 0.3) is 0 Å². The van der Waals surface area contributed by atoms with Gasteiger partial charge in [0.1, 0.15) is 0 Å². The van der Waals surface area contributed by atoms with Gasteiger partial charge in [-0.25, -0.2) is 0 Å². The van der Waals surface area contributed by atoms with Crippen LogP contribution in [0.3, 0.4) is 0 Å². The number of carbonyl (C=O) groups excluding carboxylic acids is 1. The molecule has 2 nitrogen and oxygen atoms in total. The average Bonchev–Trinajstić information content (AvgIpc) is 1.78. The molecular formula is C9H15NO. The molecule has 0 aromatic heterocycles. The minimum absolute atomic E-state index is 0.334. The Bertz CT molecular complexity index is 180. The zero-order valence-corrected chi connectivity index (χ0v) is 6.81. The van der Waals surface area contributed by atoms with Crippen LogP contribution in [-0.2, 0) is 4.79 Å². The molecule has 2 aliphatic carbocycles. The average molecular weight is 153 g/mol. The lowest BCUT2D eigenvalue weighted by Gasteiger charge is -2.41. The number of nitrogens with two attached hydrogens (primary N) is 1. The van der Waals surface area contributed by atoms with Crippen molar-refractivity contribution in [1.82, 2.24) is 0 Å². The highest BCUT2D eigenvalue weighted by Crippen LogP contribution is 2.38. The zero-order valence-electron chi connectivity index (χ0n) is 6.81. The molecule has 0 heterocycles. The molecule has 0 atom stereocenters. The summed E-state index contributed by atoms with van der Waals surface area (Å²) in [6, 6.07) is 0. The van der Waals surface area contributed by atoms with Gasteiger partial charge in [0.2, 0.25) is 0 Å². The second-order valence-corrected chi connectivity index (χ2v) is 4.00. The van der Waals surface area contributed by atoms with Gasteiger partial charge in [-0.15, -0.1) is 0 Å². The van der Waals surface area contributed by atoms with Gasteiger partial charge in [-0.3, -0.25) is 4.79 Å². The maximum absolute atomic E-state index is 11.6. The fraction of sp³-hybridized carbons (Fsp3) is 0.889. The minimum Gasteiger partial charge on any atom is -0.319 e. The third-order valence-electron chi connectivity index (χ3n) is 3.21. The molecule has 0 bridgehead atoms. The number of carbonyl (C=O) groups is 1. The van der Waals surface area contributed by atoms with Crippen molar-refractivity contribution in [3.8, 4) is 0 Å². The number of ketones is 1. The number of hydrogen-bond donors (Lipinski definition) is 1. The van der Waals surface area contributed by atoms with Crippen LogP contribution in [0.25, 0.3) is 0 Å². The molecule has 2 aliphatic rings. The van der Waals surface area contributed by atoms with Gasteiger partial charge in [-0.1, -0.05) is 6.42 Å². The SMILES string of the molecule is NC1(C(=O)C2CCC2)CCC1. The molecule has 0 aromatic rings. The quantitative estimate of drug-likeness (QED) is 0.648. The predicted octanol–water partition coefficient (Wildman–Crippen LogP) is 1.24. The van der Waals surface area contributed by atoms with Crippen molar-refractivity contribution in [2.24, 2.45) is 11.7 Å². The first-order valence-electron chi connectivity index (χ1n) is 4.56. The first kappa shape index (κ1) is 7.29. The van der Waals surface area contributed by atoms with Crippen LogP contribution in [0.4, 0.5) is 0 Å². The van der Waals surface area contributed by atoms with E-state index in [-0.39, 0.29) is 5.54 Å². The molecule has 0 unspecified atom stereocenters. The second kappa shape index (κ2) is 2.31. The number of hydrogen-bond acceptors (Lipinski definition) is 2. The van der Waals surface area contributed by atoms with Crippen LogP contribution >= 0.6 is 0 Å². The smallest absolute Gasteiger partial charge is 0.155 e. The van der Waals surface area contributed by atoms with Crippen molar-refractivity contribution in [1.29, 1.82) is 0 Å². The molecule has 11 heavy (non-hydrogen) atoms. The van der Waals surface area contributed by atoms with E-state index in [0.29, 0.717) is 11.7 Å². The van der Waals surface area contributed by atoms with Gasteiger partial charge in [0.05, 0.1) is 5.54 Å². The van der Waals surface area contributed by atoms with E-state index in [9.17, 15) is 4.79 Å². The number of Topliss-reactive ketones (excluding diaryl/α,β-unsaturated/α-hetero) is 1. The van der Waals surface area contributed by atoms with Crippen LogP contribution in [0.1, 0.15) is 38.5 Å². The Morgan fingerprint density at radius 1 is 1.27 bits per heavy atom. The Kier molecular flexibility index (Phi) is 1.53. The van der Waals surface area contributed by atoms with Crippen LogP contribution in [-0.4, -0.2) is 11.3 Å². The van der Waals surface area contributed by atoms with Crippen LogP contribution in [0.2, 0.25) is 0 Å². The molecule has 2 rings (SSSR count). The molecule has 0 radical (unpaired) electrons. The lowest BCUT2D eigenvalue weighted by atomic mass is 9.66. The van der Waals surface area contributed by atoms with Gasteiger partial charge in [0.15, 0.2) is 5.78 Å². The number of rotatable bonds is 2. The van der Waals surface area contributed by atoms with Crippen LogP contribution in [0.5, 0.6) is 0 Å². The summed E-state index contributed by atoms with van der Waals surface area (Å²) in [5, 5.41) is 0. The summed E-state index contributed by atoms with van der Waals surface area (Å²) in [5.41, 5.74) is 5.52. The Morgan fingerprint density at radius 3 is 2.18 bits per heavy atom. The van der Waals surface area contributed by atoms with Crippen LogP contribution < -0.4 is 5.73 Å². The molecule has 0 aromatic carbocycles. The lowest BCUT2D eigenvalue weighted by Crippen LogP contribution is -2.56. The highest BCUT2D eigenvalue weighted by molar-refractivity contribution is 5.91. The third-order valence-corrected chi connectivity index (χ3v) is 3.21. The highest BCUT2D eigenvalue weighted by Gasteiger charge is 2.44. The van der Waals surface area contributed by atoms with Crippen molar-refractivity contribution < 1.29 is 4.79 Å². The highest BCUT2D eigenvalue weighted by atomic mass is 16.1. The molecule has 62 valence electrons. The Morgan fingerprint density at radius 2 is 1.91 bits per heavy atom. The van der Waals surface area contributed by atoms with Crippen LogP contribution in [0, 0.1) is 5.92 Å². The molecule has 0 aliphatic heterocycles. The van der Waals surface area contributed by atoms with Crippen LogP contribution in [0.15, 0.2) is 0 Å². The molecule has 0 amide bonds. The Balaban J connectivity index is 1.97. The fourth-order valence-electron chi connectivity index (χ4n) is 1.88. The minimum atomic E-state index is -0.384. The third kappa shape index (κ3) is 1.00. The summed E-state index contributed by atoms with van der Waals surface area (Å²) in [4.78, 5) is 11.6. The largest absolute Gasteiger partial charge is 0.319 e. The second-order valence-electron chi connectivity index (χ2n) is 4.00. The lowest BCUT2D eigenvalue weighted by molar-refractivity contribution is -0.133. The van der Waals surface area contributed by atoms with E-state index in [1.54, 1.807) is 0 Å². The van der Waals surface area contributed by atoms with E-state index < -0.39 is 0 Å². The summed E-state index contributed by atoms with van der Waals surface area (Å²) in [6.45, 7) is 0. The molecule has 0 spiro atoms. The van der Waals surface area contributed by atoms with E-state index in [2.05, 4.69) is 0 Å². The van der Waals surface area contributed by atoms with Gasteiger partial charge >= 0.3 is 0 Å². The summed E-state index contributed by atoms with van der Waals surface area (Å²) in [6.07, 6.45) is 6.43. The fourth-order valence-corrected chi connectivity index (χ4v) is 1.88. The van der Waals surface area contributed by atoms with Gasteiger partial charge in [-0.05, 0) is 32.1 Å². The first-order valence-corrected chi connectivity index (χ1v) is 4.56. The van der Waals surface area contributed by atoms with Gasteiger partial charge in [-0.2, -0.15) is 0 Å². The molecule has 2 saturated carbocycles. The Hall–Kier alpha value is -0.370. The van der Waals surface area contributed by atoms with E-state index in [1.807, 2.05) is 0 Å². The monoisotopic (exact) mass is 153 g/mol. The van der Waals surface area contributed by atoms with Crippen molar-refractivity contribution in [2.75, 3.05) is 0 Å². The van der Waals surface area contributed by atoms with Crippen molar-refractivity contribution >= 4 is 5.78 Å². The van der Waals surface area contributed by atoms with Crippen molar-refractivity contribution in [3.05, 3.63) is 0 Å². The summed E-state index contributed by atoms with van der Waals surface area (Å²) >= 11 is 0. The van der Waals surface area contributed by atoms with E-state index in [0.717, 1.165) is 32.1 Å². The maximum Gasteiger partial charge on any atom is 0.155 e. The maximum atomic E-state index is 11.6. The molecule has 2 heteroatoms. The zero-order chi connectivity index (χ0) is 7.90. The molecule has 2 fully saturated rings. The molecule has 2 N–H and O–H groups in total. The Labute approximate surface area is 67.1 Å². The standard InChI is InChI=1S/C9H15NO/c10-9(5-2-6-9)8(11)7-3-1-4-7/h7H,1-6,10H2. The topological polar surface area (TPSA) is 43.1 Å². The van der Waals surface area contributed by atoms with Crippen molar-refractivity contribution in [3.63, 3.8) is 0 Å². The van der Waals surface area contributed by atoms with E-state index in [1.165, 1.54) is 6.42 Å².